The first-order chi connectivity index (χ1) is 11.3. The number of hydrogen-bond donors (Lipinski definition) is 1. The van der Waals surface area contributed by atoms with E-state index in [2.05, 4.69) is 22.2 Å². The molecular formula is C19H24N2O2. The molecule has 1 unspecified atom stereocenters. The molecule has 1 aromatic heterocycles. The van der Waals surface area contributed by atoms with Crippen molar-refractivity contribution in [2.24, 2.45) is 0 Å². The van der Waals surface area contributed by atoms with Gasteiger partial charge in [0.25, 0.3) is 0 Å². The van der Waals surface area contributed by atoms with Crippen molar-refractivity contribution in [3.8, 4) is 0 Å². The van der Waals surface area contributed by atoms with Crippen molar-refractivity contribution in [2.45, 2.75) is 57.2 Å². The number of aliphatic hydroxyl groups excluding tert-OH is 1. The van der Waals surface area contributed by atoms with E-state index in [1.165, 1.54) is 37.7 Å². The predicted molar refractivity (Wildman–Crippen MR) is 87.8 cm³/mol. The Kier molecular flexibility index (Phi) is 4.19. The Balaban J connectivity index is 1.44. The van der Waals surface area contributed by atoms with Crippen LogP contribution >= 0.6 is 0 Å². The van der Waals surface area contributed by atoms with Gasteiger partial charge in [0, 0.05) is 25.1 Å². The van der Waals surface area contributed by atoms with Crippen molar-refractivity contribution in [3.63, 3.8) is 0 Å². The summed E-state index contributed by atoms with van der Waals surface area (Å²) >= 11 is 0. The number of hydrogen-bond acceptors (Lipinski definition) is 4. The molecule has 122 valence electrons. The highest BCUT2D eigenvalue weighted by molar-refractivity contribution is 5.31. The second kappa shape index (κ2) is 6.46. The lowest BCUT2D eigenvalue weighted by atomic mass is 9.87. The molecule has 2 heterocycles. The highest BCUT2D eigenvalue weighted by Gasteiger charge is 2.25. The van der Waals surface area contributed by atoms with Crippen LogP contribution in [0.5, 0.6) is 0 Å². The van der Waals surface area contributed by atoms with Gasteiger partial charge in [0.05, 0.1) is 18.3 Å². The van der Waals surface area contributed by atoms with Gasteiger partial charge < -0.3 is 9.63 Å². The summed E-state index contributed by atoms with van der Waals surface area (Å²) in [5.41, 5.74) is 3.39. The quantitative estimate of drug-likeness (QED) is 0.937. The van der Waals surface area contributed by atoms with E-state index >= 15 is 0 Å². The second-order valence-electron chi connectivity index (χ2n) is 6.94. The first-order valence-corrected chi connectivity index (χ1v) is 8.73. The van der Waals surface area contributed by atoms with Gasteiger partial charge in [0.2, 0.25) is 0 Å². The Morgan fingerprint density at radius 3 is 2.87 bits per heavy atom. The van der Waals surface area contributed by atoms with Crippen molar-refractivity contribution in [1.82, 2.24) is 10.1 Å². The van der Waals surface area contributed by atoms with E-state index in [-0.39, 0.29) is 0 Å². The molecule has 4 rings (SSSR count). The van der Waals surface area contributed by atoms with Gasteiger partial charge in [0.1, 0.15) is 0 Å². The minimum Gasteiger partial charge on any atom is -0.387 e. The zero-order valence-corrected chi connectivity index (χ0v) is 13.4. The molecule has 4 heteroatoms. The molecular weight excluding hydrogens is 288 g/mol. The summed E-state index contributed by atoms with van der Waals surface area (Å²) < 4.78 is 5.57. The van der Waals surface area contributed by atoms with E-state index < -0.39 is 6.10 Å². The summed E-state index contributed by atoms with van der Waals surface area (Å²) in [6.07, 6.45) is 6.03. The van der Waals surface area contributed by atoms with Crippen molar-refractivity contribution < 1.29 is 9.63 Å². The van der Waals surface area contributed by atoms with E-state index in [9.17, 15) is 5.11 Å². The molecule has 4 nitrogen and oxygen atoms in total. The molecule has 0 bridgehead atoms. The molecule has 1 saturated carbocycles. The van der Waals surface area contributed by atoms with Gasteiger partial charge in [-0.05, 0) is 24.0 Å². The molecule has 1 aliphatic heterocycles. The molecule has 0 spiro atoms. The number of benzene rings is 1. The Morgan fingerprint density at radius 2 is 2.00 bits per heavy atom. The molecule has 2 aliphatic rings. The molecule has 23 heavy (non-hydrogen) atoms. The van der Waals surface area contributed by atoms with Crippen LogP contribution in [0.15, 0.2) is 34.9 Å². The van der Waals surface area contributed by atoms with Crippen LogP contribution in [0.1, 0.15) is 66.7 Å². The maximum absolute atomic E-state index is 10.3. The van der Waals surface area contributed by atoms with Crippen LogP contribution in [0, 0.1) is 0 Å². The van der Waals surface area contributed by atoms with Crippen molar-refractivity contribution >= 4 is 0 Å². The van der Waals surface area contributed by atoms with Crippen LogP contribution < -0.4 is 0 Å². The molecule has 0 radical (unpaired) electrons. The Bertz CT molecular complexity index is 661. The van der Waals surface area contributed by atoms with E-state index in [0.717, 1.165) is 23.6 Å². The SMILES string of the molecule is OC1CN(Cc2cc(C3CCCCC3)no2)Cc2ccccc21. The lowest BCUT2D eigenvalue weighted by Crippen LogP contribution is -2.33. The monoisotopic (exact) mass is 312 g/mol. The maximum atomic E-state index is 10.3. The summed E-state index contributed by atoms with van der Waals surface area (Å²) in [7, 11) is 0. The van der Waals surface area contributed by atoms with Crippen LogP contribution in [0.25, 0.3) is 0 Å². The van der Waals surface area contributed by atoms with Crippen LogP contribution in [0.3, 0.4) is 0 Å². The molecule has 0 saturated heterocycles. The minimum absolute atomic E-state index is 0.416. The number of rotatable bonds is 3. The summed E-state index contributed by atoms with van der Waals surface area (Å²) in [5.74, 6) is 1.49. The first-order valence-electron chi connectivity index (χ1n) is 8.73. The Hall–Kier alpha value is -1.65. The first kappa shape index (κ1) is 14.9. The Morgan fingerprint density at radius 1 is 1.17 bits per heavy atom. The fourth-order valence-corrected chi connectivity index (χ4v) is 3.99. The third-order valence-corrected chi connectivity index (χ3v) is 5.22. The molecule has 1 N–H and O–H groups in total. The number of nitrogens with zero attached hydrogens (tertiary/aromatic N) is 2. The molecule has 2 aromatic rings. The second-order valence-corrected chi connectivity index (χ2v) is 6.94. The standard InChI is InChI=1S/C19H24N2O2/c22-19-13-21(11-15-8-4-5-9-17(15)19)12-16-10-18(20-23-16)14-6-2-1-3-7-14/h4-5,8-10,14,19,22H,1-3,6-7,11-13H2. The summed E-state index contributed by atoms with van der Waals surface area (Å²) in [6.45, 7) is 2.22. The number of aliphatic hydroxyl groups is 1. The van der Waals surface area contributed by atoms with Gasteiger partial charge in [-0.2, -0.15) is 0 Å². The summed E-state index contributed by atoms with van der Waals surface area (Å²) in [4.78, 5) is 2.23. The fraction of sp³-hybridized carbons (Fsp3) is 0.526. The third kappa shape index (κ3) is 3.19. The van der Waals surface area contributed by atoms with E-state index in [1.807, 2.05) is 18.2 Å². The highest BCUT2D eigenvalue weighted by atomic mass is 16.5. The third-order valence-electron chi connectivity index (χ3n) is 5.22. The minimum atomic E-state index is -0.416. The van der Waals surface area contributed by atoms with Gasteiger partial charge in [-0.15, -0.1) is 0 Å². The normalized spacial score (nSPS) is 22.9. The average Bonchev–Trinajstić information content (AvgIpc) is 3.04. The number of fused-ring (bicyclic) bond motifs is 1. The zero-order valence-electron chi connectivity index (χ0n) is 13.4. The zero-order chi connectivity index (χ0) is 15.6. The predicted octanol–water partition coefficient (Wildman–Crippen LogP) is 3.77. The van der Waals surface area contributed by atoms with Gasteiger partial charge >= 0.3 is 0 Å². The fourth-order valence-electron chi connectivity index (χ4n) is 3.99. The van der Waals surface area contributed by atoms with Crippen molar-refractivity contribution in [3.05, 3.63) is 52.9 Å². The highest BCUT2D eigenvalue weighted by Crippen LogP contribution is 2.33. The molecule has 1 atom stereocenters. The summed E-state index contributed by atoms with van der Waals surface area (Å²) in [6, 6.07) is 10.3. The van der Waals surface area contributed by atoms with Crippen LogP contribution in [0.2, 0.25) is 0 Å². The molecule has 0 amide bonds. The maximum Gasteiger partial charge on any atom is 0.150 e. The van der Waals surface area contributed by atoms with Crippen LogP contribution in [0.4, 0.5) is 0 Å². The number of aromatic nitrogens is 1. The largest absolute Gasteiger partial charge is 0.387 e. The van der Waals surface area contributed by atoms with Crippen molar-refractivity contribution in [2.75, 3.05) is 6.54 Å². The van der Waals surface area contributed by atoms with E-state index in [1.54, 1.807) is 0 Å². The number of β-amino-alcohol motifs (C(OH)–C–C–N with tert-alkyl or cyclic N) is 1. The van der Waals surface area contributed by atoms with Gasteiger partial charge in [-0.3, -0.25) is 4.90 Å². The van der Waals surface area contributed by atoms with Crippen molar-refractivity contribution in [1.29, 1.82) is 0 Å². The van der Waals surface area contributed by atoms with E-state index in [4.69, 9.17) is 4.52 Å². The smallest absolute Gasteiger partial charge is 0.150 e. The lowest BCUT2D eigenvalue weighted by Gasteiger charge is -2.31. The van der Waals surface area contributed by atoms with Gasteiger partial charge in [-0.25, -0.2) is 0 Å². The molecule has 1 aliphatic carbocycles. The summed E-state index contributed by atoms with van der Waals surface area (Å²) in [5, 5.41) is 14.6. The molecule has 1 fully saturated rings. The van der Waals surface area contributed by atoms with Crippen LogP contribution in [-0.2, 0) is 13.1 Å². The topological polar surface area (TPSA) is 49.5 Å². The van der Waals surface area contributed by atoms with Crippen LogP contribution in [-0.4, -0.2) is 21.7 Å². The van der Waals surface area contributed by atoms with E-state index in [0.29, 0.717) is 19.0 Å². The van der Waals surface area contributed by atoms with Gasteiger partial charge in [0.15, 0.2) is 5.76 Å². The lowest BCUT2D eigenvalue weighted by molar-refractivity contribution is 0.0826. The van der Waals surface area contributed by atoms with Gasteiger partial charge in [-0.1, -0.05) is 48.7 Å². The Labute approximate surface area is 137 Å². The molecule has 1 aromatic carbocycles. The average molecular weight is 312 g/mol.